The van der Waals surface area contributed by atoms with Crippen LogP contribution in [0, 0.1) is 34.0 Å². The van der Waals surface area contributed by atoms with E-state index in [1.165, 1.54) is 23.1 Å². The van der Waals surface area contributed by atoms with Crippen molar-refractivity contribution in [2.24, 2.45) is 34.0 Å². The molecular formula is C39H57N5O7S. The number of fused-ring (bicyclic) bond motifs is 1. The van der Waals surface area contributed by atoms with E-state index in [-0.39, 0.29) is 34.6 Å². The smallest absolute Gasteiger partial charge is 0.289 e. The van der Waals surface area contributed by atoms with Gasteiger partial charge in [-0.05, 0) is 65.4 Å². The number of nitrogens with zero attached hydrogens (tertiary/aromatic N) is 1. The van der Waals surface area contributed by atoms with Crippen LogP contribution in [0.4, 0.5) is 0 Å². The lowest BCUT2D eigenvalue weighted by atomic mass is 9.70. The Labute approximate surface area is 308 Å². The number of Topliss-reactive ketones (excluding diaryl/α,β-unsaturated/α-hetero) is 1. The van der Waals surface area contributed by atoms with E-state index in [0.29, 0.717) is 25.8 Å². The number of carbonyl (C=O) groups is 5. The molecule has 3 saturated carbocycles. The summed E-state index contributed by atoms with van der Waals surface area (Å²) in [6.07, 6.45) is 7.58. The van der Waals surface area contributed by atoms with Crippen molar-refractivity contribution in [3.63, 3.8) is 0 Å². The predicted molar refractivity (Wildman–Crippen MR) is 197 cm³/mol. The fourth-order valence-corrected chi connectivity index (χ4v) is 9.78. The van der Waals surface area contributed by atoms with Crippen molar-refractivity contribution in [1.82, 2.24) is 25.6 Å². The highest BCUT2D eigenvalue weighted by atomic mass is 32.2. The maximum absolute atomic E-state index is 14.7. The highest BCUT2D eigenvalue weighted by Gasteiger charge is 2.70. The molecule has 0 spiro atoms. The van der Waals surface area contributed by atoms with Crippen LogP contribution in [0.25, 0.3) is 0 Å². The average molecular weight is 740 g/mol. The van der Waals surface area contributed by atoms with E-state index in [0.717, 1.165) is 32.1 Å². The normalized spacial score (nSPS) is 25.1. The van der Waals surface area contributed by atoms with Gasteiger partial charge in [0.2, 0.25) is 33.5 Å². The summed E-state index contributed by atoms with van der Waals surface area (Å²) in [5.41, 5.74) is -1.74. The zero-order valence-electron chi connectivity index (χ0n) is 31.5. The zero-order chi connectivity index (χ0) is 38.2. The molecule has 4 amide bonds. The van der Waals surface area contributed by atoms with E-state index in [2.05, 4.69) is 41.1 Å². The summed E-state index contributed by atoms with van der Waals surface area (Å²) < 4.78 is 29.9. The molecule has 4 fully saturated rings. The predicted octanol–water partition coefficient (Wildman–Crippen LogP) is 3.47. The second-order valence-electron chi connectivity index (χ2n) is 17.4. The maximum Gasteiger partial charge on any atom is 0.289 e. The summed E-state index contributed by atoms with van der Waals surface area (Å²) >= 11 is 0. The minimum absolute atomic E-state index is 0.0311. The quantitative estimate of drug-likeness (QED) is 0.158. The number of nitrogens with one attached hydrogen (secondary N) is 4. The molecule has 1 aromatic rings. The topological polar surface area (TPSA) is 171 Å². The number of likely N-dealkylation sites (tertiary alicyclic amines) is 1. The second kappa shape index (κ2) is 15.0. The average Bonchev–Trinajstić information content (AvgIpc) is 3.95. The van der Waals surface area contributed by atoms with E-state index in [4.69, 9.17) is 0 Å². The van der Waals surface area contributed by atoms with Crippen LogP contribution in [0.3, 0.4) is 0 Å². The van der Waals surface area contributed by atoms with Gasteiger partial charge in [0.05, 0.1) is 10.9 Å². The van der Waals surface area contributed by atoms with Crippen LogP contribution in [0.15, 0.2) is 47.9 Å². The van der Waals surface area contributed by atoms with Gasteiger partial charge in [0.25, 0.3) is 5.91 Å². The van der Waals surface area contributed by atoms with Gasteiger partial charge >= 0.3 is 0 Å². The van der Waals surface area contributed by atoms with Crippen molar-refractivity contribution in [3.05, 3.63) is 43.0 Å². The van der Waals surface area contributed by atoms with E-state index in [1.807, 2.05) is 27.7 Å². The minimum Gasteiger partial charge on any atom is -0.346 e. The van der Waals surface area contributed by atoms with Crippen LogP contribution in [-0.4, -0.2) is 80.0 Å². The highest BCUT2D eigenvalue weighted by Crippen LogP contribution is 2.65. The SMILES string of the molecule is C=CCNC(=O)C(=O)C(CC1CC1)NC(=O)[C@@H]1C2C(CN1C(=O)[C@@H](NC(=O)[C@@H](NS(=O)(=O)c1ccccc1)C1(C)CCCCC1)C(C)(C)C)C2(C)C. The first-order chi connectivity index (χ1) is 24.3. The third kappa shape index (κ3) is 8.46. The van der Waals surface area contributed by atoms with Crippen LogP contribution < -0.4 is 20.7 Å². The monoisotopic (exact) mass is 739 g/mol. The van der Waals surface area contributed by atoms with Crippen LogP contribution in [-0.2, 0) is 34.0 Å². The molecule has 1 aliphatic heterocycles. The minimum atomic E-state index is -4.09. The number of amides is 4. The molecule has 4 N–H and O–H groups in total. The third-order valence-electron chi connectivity index (χ3n) is 12.0. The van der Waals surface area contributed by atoms with Gasteiger partial charge in [-0.2, -0.15) is 4.72 Å². The lowest BCUT2D eigenvalue weighted by Crippen LogP contribution is -2.64. The number of carbonyl (C=O) groups excluding carboxylic acids is 5. The van der Waals surface area contributed by atoms with E-state index < -0.39 is 74.4 Å². The molecule has 0 aromatic heterocycles. The molecule has 6 atom stereocenters. The van der Waals surface area contributed by atoms with Crippen LogP contribution in [0.2, 0.25) is 0 Å². The molecule has 3 unspecified atom stereocenters. The Balaban J connectivity index is 1.40. The van der Waals surface area contributed by atoms with Gasteiger partial charge in [-0.1, -0.05) is 97.9 Å². The van der Waals surface area contributed by atoms with E-state index in [9.17, 15) is 32.4 Å². The molecule has 1 saturated heterocycles. The van der Waals surface area contributed by atoms with E-state index in [1.54, 1.807) is 18.2 Å². The molecule has 1 heterocycles. The van der Waals surface area contributed by atoms with Crippen molar-refractivity contribution in [3.8, 4) is 0 Å². The summed E-state index contributed by atoms with van der Waals surface area (Å²) in [5.74, 6) is -2.98. The standard InChI is InChI=1S/C39H57N5O7S/c1-8-21-40-34(47)30(45)27(22-24-17-18-24)41-33(46)29-28-26(38(28,5)6)23-44(29)36(49)32(37(2,3)4)42-35(48)31(39(7)19-13-10-14-20-39)43-52(50,51)25-15-11-9-12-16-25/h8-9,11-12,15-16,24,26-29,31-32,43H,1,10,13-14,17-23H2,2-7H3,(H,40,47)(H,41,46)(H,42,48)/t26?,27?,28?,29-,31+,32+/m0/s1. The van der Waals surface area contributed by atoms with Gasteiger partial charge in [0, 0.05) is 13.1 Å². The summed E-state index contributed by atoms with van der Waals surface area (Å²) in [5, 5.41) is 8.33. The summed E-state index contributed by atoms with van der Waals surface area (Å²) in [6, 6.07) is 3.72. The molecule has 3 aliphatic carbocycles. The van der Waals surface area contributed by atoms with Crippen LogP contribution in [0.1, 0.15) is 92.9 Å². The van der Waals surface area contributed by atoms with Gasteiger partial charge in [0.1, 0.15) is 18.1 Å². The largest absolute Gasteiger partial charge is 0.346 e. The molecule has 13 heteroatoms. The second-order valence-corrected chi connectivity index (χ2v) is 19.1. The molecule has 1 aromatic carbocycles. The first-order valence-electron chi connectivity index (χ1n) is 18.7. The van der Waals surface area contributed by atoms with Crippen LogP contribution in [0.5, 0.6) is 0 Å². The van der Waals surface area contributed by atoms with Gasteiger partial charge in [-0.15, -0.1) is 6.58 Å². The zero-order valence-corrected chi connectivity index (χ0v) is 32.3. The van der Waals surface area contributed by atoms with Gasteiger partial charge < -0.3 is 20.9 Å². The lowest BCUT2D eigenvalue weighted by molar-refractivity contribution is -0.147. The fourth-order valence-electron chi connectivity index (χ4n) is 8.42. The number of sulfonamides is 1. The Kier molecular flexibility index (Phi) is 11.5. The molecule has 52 heavy (non-hydrogen) atoms. The molecule has 286 valence electrons. The summed E-state index contributed by atoms with van der Waals surface area (Å²) in [4.78, 5) is 70.8. The molecule has 5 rings (SSSR count). The van der Waals surface area contributed by atoms with Crippen LogP contribution >= 0.6 is 0 Å². The highest BCUT2D eigenvalue weighted by molar-refractivity contribution is 7.89. The number of benzene rings is 1. The van der Waals surface area contributed by atoms with Crippen molar-refractivity contribution >= 4 is 39.4 Å². The summed E-state index contributed by atoms with van der Waals surface area (Å²) in [7, 11) is -4.09. The lowest BCUT2D eigenvalue weighted by Gasteiger charge is -2.42. The van der Waals surface area contributed by atoms with Gasteiger partial charge in [0.15, 0.2) is 0 Å². The first kappa shape index (κ1) is 39.6. The molecular weight excluding hydrogens is 683 g/mol. The third-order valence-corrected chi connectivity index (χ3v) is 13.4. The van der Waals surface area contributed by atoms with Crippen molar-refractivity contribution < 1.29 is 32.4 Å². The number of hydrogen-bond donors (Lipinski definition) is 4. The molecule has 4 aliphatic rings. The Morgan fingerprint density at radius 2 is 1.62 bits per heavy atom. The fraction of sp³-hybridized carbons (Fsp3) is 0.667. The first-order valence-corrected chi connectivity index (χ1v) is 20.2. The van der Waals surface area contributed by atoms with Crippen molar-refractivity contribution in [2.45, 2.75) is 122 Å². The van der Waals surface area contributed by atoms with Crippen molar-refractivity contribution in [1.29, 1.82) is 0 Å². The molecule has 0 bridgehead atoms. The number of hydrogen-bond acceptors (Lipinski definition) is 7. The Morgan fingerprint density at radius 1 is 0.981 bits per heavy atom. The van der Waals surface area contributed by atoms with Gasteiger partial charge in [-0.3, -0.25) is 24.0 Å². The van der Waals surface area contributed by atoms with Crippen molar-refractivity contribution in [2.75, 3.05) is 13.1 Å². The molecule has 0 radical (unpaired) electrons. The van der Waals surface area contributed by atoms with E-state index >= 15 is 0 Å². The Bertz CT molecular complexity index is 1660. The number of rotatable bonds is 15. The number of ketones is 1. The Hall–Kier alpha value is -3.58. The van der Waals surface area contributed by atoms with Gasteiger partial charge in [-0.25, -0.2) is 8.42 Å². The Morgan fingerprint density at radius 3 is 2.19 bits per heavy atom. The number of piperidine rings is 1. The maximum atomic E-state index is 14.7. The molecule has 12 nitrogen and oxygen atoms in total. The summed E-state index contributed by atoms with van der Waals surface area (Å²) in [6.45, 7) is 15.5.